The second kappa shape index (κ2) is 11.3. The van der Waals surface area contributed by atoms with E-state index in [0.29, 0.717) is 19.6 Å². The van der Waals surface area contributed by atoms with E-state index in [-0.39, 0.29) is 30.1 Å². The van der Waals surface area contributed by atoms with Crippen LogP contribution >= 0.6 is 0 Å². The third-order valence-corrected chi connectivity index (χ3v) is 4.54. The third-order valence-electron chi connectivity index (χ3n) is 4.54. The summed E-state index contributed by atoms with van der Waals surface area (Å²) in [5.41, 5.74) is 1.49. The van der Waals surface area contributed by atoms with E-state index >= 15 is 0 Å². The number of nitrogens with zero attached hydrogens (tertiary/aromatic N) is 1. The molecule has 0 saturated carbocycles. The van der Waals surface area contributed by atoms with Crippen molar-refractivity contribution in [3.05, 3.63) is 71.5 Å². The van der Waals surface area contributed by atoms with Crippen LogP contribution in [0, 0.1) is 11.7 Å². The average Bonchev–Trinajstić information content (AvgIpc) is 2.72. The Kier molecular flexibility index (Phi) is 8.80. The Morgan fingerprint density at radius 3 is 2.31 bits per heavy atom. The maximum atomic E-state index is 13.3. The second-order valence-corrected chi connectivity index (χ2v) is 7.20. The average molecular weight is 400 g/mol. The topological polar surface area (TPSA) is 58.6 Å². The van der Waals surface area contributed by atoms with E-state index in [1.54, 1.807) is 38.0 Å². The van der Waals surface area contributed by atoms with Gasteiger partial charge in [0.15, 0.2) is 0 Å². The van der Waals surface area contributed by atoms with E-state index in [9.17, 15) is 14.0 Å². The lowest BCUT2D eigenvalue weighted by Crippen LogP contribution is -2.45. The summed E-state index contributed by atoms with van der Waals surface area (Å²) in [4.78, 5) is 27.7. The van der Waals surface area contributed by atoms with Crippen LogP contribution in [0.4, 0.5) is 4.39 Å². The van der Waals surface area contributed by atoms with Crippen molar-refractivity contribution >= 4 is 11.8 Å². The number of hydrogen-bond acceptors (Lipinski definition) is 3. The molecule has 29 heavy (non-hydrogen) atoms. The monoisotopic (exact) mass is 400 g/mol. The van der Waals surface area contributed by atoms with Gasteiger partial charge in [-0.3, -0.25) is 9.59 Å². The molecule has 156 valence electrons. The Balaban J connectivity index is 2.35. The summed E-state index contributed by atoms with van der Waals surface area (Å²) < 4.78 is 18.3. The normalized spacial score (nSPS) is 11.9. The number of hydrogen-bond donors (Lipinski definition) is 1. The molecule has 0 fully saturated rings. The minimum Gasteiger partial charge on any atom is -0.385 e. The maximum absolute atomic E-state index is 13.3. The van der Waals surface area contributed by atoms with Crippen LogP contribution in [0.2, 0.25) is 0 Å². The molecule has 2 aromatic carbocycles. The molecule has 0 spiro atoms. The van der Waals surface area contributed by atoms with Gasteiger partial charge in [-0.05, 0) is 29.7 Å². The van der Waals surface area contributed by atoms with E-state index in [2.05, 4.69) is 5.32 Å². The zero-order valence-corrected chi connectivity index (χ0v) is 17.2. The Bertz CT molecular complexity index is 778. The van der Waals surface area contributed by atoms with Gasteiger partial charge in [0.2, 0.25) is 11.8 Å². The van der Waals surface area contributed by atoms with Gasteiger partial charge in [-0.15, -0.1) is 0 Å². The van der Waals surface area contributed by atoms with E-state index in [4.69, 9.17) is 4.74 Å². The number of halogens is 1. The second-order valence-electron chi connectivity index (χ2n) is 7.20. The zero-order valence-electron chi connectivity index (χ0n) is 17.2. The van der Waals surface area contributed by atoms with Crippen LogP contribution in [0.5, 0.6) is 0 Å². The SMILES string of the molecule is COCCCNC(=O)C(c1ccccc1)N(Cc1ccc(F)cc1)C(=O)C(C)C. The fourth-order valence-electron chi connectivity index (χ4n) is 3.05. The van der Waals surface area contributed by atoms with Crippen LogP contribution in [0.1, 0.15) is 37.4 Å². The van der Waals surface area contributed by atoms with E-state index in [0.717, 1.165) is 11.1 Å². The van der Waals surface area contributed by atoms with Crippen molar-refractivity contribution in [2.45, 2.75) is 32.9 Å². The summed E-state index contributed by atoms with van der Waals surface area (Å²) in [5, 5.41) is 2.91. The van der Waals surface area contributed by atoms with Crippen molar-refractivity contribution < 1.29 is 18.7 Å². The third kappa shape index (κ3) is 6.68. The highest BCUT2D eigenvalue weighted by Crippen LogP contribution is 2.25. The zero-order chi connectivity index (χ0) is 21.2. The summed E-state index contributed by atoms with van der Waals surface area (Å²) >= 11 is 0. The molecular formula is C23H29FN2O3. The van der Waals surface area contributed by atoms with Gasteiger partial charge in [-0.1, -0.05) is 56.3 Å². The summed E-state index contributed by atoms with van der Waals surface area (Å²) in [5.74, 6) is -1.02. The highest BCUT2D eigenvalue weighted by molar-refractivity contribution is 5.89. The Morgan fingerprint density at radius 2 is 1.72 bits per heavy atom. The molecule has 6 heteroatoms. The number of nitrogens with one attached hydrogen (secondary N) is 1. The van der Waals surface area contributed by atoms with Crippen LogP contribution in [-0.4, -0.2) is 37.0 Å². The molecule has 2 rings (SSSR count). The summed E-state index contributed by atoms with van der Waals surface area (Å²) in [6, 6.07) is 14.4. The van der Waals surface area contributed by atoms with Crippen LogP contribution in [0.15, 0.2) is 54.6 Å². The Morgan fingerprint density at radius 1 is 1.07 bits per heavy atom. The van der Waals surface area contributed by atoms with Crippen LogP contribution in [-0.2, 0) is 20.9 Å². The fourth-order valence-corrected chi connectivity index (χ4v) is 3.05. The van der Waals surface area contributed by atoms with Crippen LogP contribution in [0.25, 0.3) is 0 Å². The molecule has 0 bridgehead atoms. The van der Waals surface area contributed by atoms with Crippen molar-refractivity contribution in [2.24, 2.45) is 5.92 Å². The highest BCUT2D eigenvalue weighted by Gasteiger charge is 2.32. The predicted molar refractivity (Wildman–Crippen MR) is 110 cm³/mol. The smallest absolute Gasteiger partial charge is 0.247 e. The van der Waals surface area contributed by atoms with Crippen LogP contribution < -0.4 is 5.32 Å². The van der Waals surface area contributed by atoms with Gasteiger partial charge in [0.25, 0.3) is 0 Å². The van der Waals surface area contributed by atoms with E-state index < -0.39 is 6.04 Å². The summed E-state index contributed by atoms with van der Waals surface area (Å²) in [7, 11) is 1.61. The van der Waals surface area contributed by atoms with Gasteiger partial charge >= 0.3 is 0 Å². The highest BCUT2D eigenvalue weighted by atomic mass is 19.1. The molecule has 0 heterocycles. The Labute approximate surface area is 171 Å². The first-order chi connectivity index (χ1) is 13.9. The lowest BCUT2D eigenvalue weighted by atomic mass is 10.0. The molecular weight excluding hydrogens is 371 g/mol. The number of carbonyl (C=O) groups excluding carboxylic acids is 2. The first-order valence-corrected chi connectivity index (χ1v) is 9.80. The van der Waals surface area contributed by atoms with Gasteiger partial charge in [0.05, 0.1) is 0 Å². The number of benzene rings is 2. The fraction of sp³-hybridized carbons (Fsp3) is 0.391. The minimum atomic E-state index is -0.779. The first kappa shape index (κ1) is 22.6. The molecule has 2 amide bonds. The molecule has 0 aliphatic rings. The molecule has 0 radical (unpaired) electrons. The molecule has 2 aromatic rings. The van der Waals surface area contributed by atoms with Gasteiger partial charge in [-0.25, -0.2) is 4.39 Å². The molecule has 1 atom stereocenters. The van der Waals surface area contributed by atoms with Gasteiger partial charge < -0.3 is 15.0 Å². The standard InChI is InChI=1S/C23H29FN2O3/c1-17(2)23(28)26(16-18-10-12-20(24)13-11-18)21(19-8-5-4-6-9-19)22(27)25-14-7-15-29-3/h4-6,8-13,17,21H,7,14-16H2,1-3H3,(H,25,27). The quantitative estimate of drug-likeness (QED) is 0.619. The van der Waals surface area contributed by atoms with E-state index in [1.807, 2.05) is 30.3 Å². The molecule has 5 nitrogen and oxygen atoms in total. The van der Waals surface area contributed by atoms with Crippen molar-refractivity contribution in [1.29, 1.82) is 0 Å². The van der Waals surface area contributed by atoms with Crippen LogP contribution in [0.3, 0.4) is 0 Å². The number of ether oxygens (including phenoxy) is 1. The lowest BCUT2D eigenvalue weighted by Gasteiger charge is -2.33. The van der Waals surface area contributed by atoms with Gasteiger partial charge in [-0.2, -0.15) is 0 Å². The molecule has 0 aromatic heterocycles. The molecule has 0 aliphatic heterocycles. The summed E-state index contributed by atoms with van der Waals surface area (Å²) in [6.45, 7) is 4.82. The predicted octanol–water partition coefficient (Wildman–Crippen LogP) is 3.70. The lowest BCUT2D eigenvalue weighted by molar-refractivity contribution is -0.144. The molecule has 1 unspecified atom stereocenters. The van der Waals surface area contributed by atoms with Crippen molar-refractivity contribution in [2.75, 3.05) is 20.3 Å². The molecule has 0 saturated heterocycles. The number of carbonyl (C=O) groups is 2. The number of amides is 2. The van der Waals surface area contributed by atoms with Crippen molar-refractivity contribution in [1.82, 2.24) is 10.2 Å². The molecule has 0 aliphatic carbocycles. The van der Waals surface area contributed by atoms with Crippen molar-refractivity contribution in [3.8, 4) is 0 Å². The van der Waals surface area contributed by atoms with Gasteiger partial charge in [0, 0.05) is 32.7 Å². The van der Waals surface area contributed by atoms with E-state index in [1.165, 1.54) is 12.1 Å². The van der Waals surface area contributed by atoms with Crippen molar-refractivity contribution in [3.63, 3.8) is 0 Å². The van der Waals surface area contributed by atoms with Gasteiger partial charge in [0.1, 0.15) is 11.9 Å². The number of rotatable bonds is 10. The maximum Gasteiger partial charge on any atom is 0.247 e. The summed E-state index contributed by atoms with van der Waals surface area (Å²) in [6.07, 6.45) is 0.680. The molecule has 1 N–H and O–H groups in total. The number of methoxy groups -OCH3 is 1. The minimum absolute atomic E-state index is 0.143. The first-order valence-electron chi connectivity index (χ1n) is 9.80. The Hall–Kier alpha value is -2.73. The largest absolute Gasteiger partial charge is 0.385 e.